The van der Waals surface area contributed by atoms with Crippen LogP contribution in [-0.4, -0.2) is 66.1 Å². The molecule has 3 N–H and O–H groups in total. The standard InChI is InChI=1S/C27H34N6O/c1-32(2)16-6-7-17-33-18-8-9-22(19-33)31-27-25(26(28)29-20-30-27)21-12-14-24(15-13-21)34-23-10-4-3-5-11-23/h3-7,10-15,20,22H,8-9,16-19H2,1-2H3,(H3,28,29,30,31)/b7-6+. The maximum Gasteiger partial charge on any atom is 0.139 e. The third kappa shape index (κ3) is 6.56. The SMILES string of the molecule is CN(C)C/C=C/CN1CCCC(Nc2ncnc(N)c2-c2ccc(Oc3ccccc3)cc2)C1. The van der Waals surface area contributed by atoms with Crippen LogP contribution in [0, 0.1) is 0 Å². The molecule has 0 saturated carbocycles. The first kappa shape index (κ1) is 23.7. The summed E-state index contributed by atoms with van der Waals surface area (Å²) in [4.78, 5) is 13.4. The third-order valence-electron chi connectivity index (χ3n) is 5.85. The maximum absolute atomic E-state index is 6.31. The first-order valence-corrected chi connectivity index (χ1v) is 11.8. The summed E-state index contributed by atoms with van der Waals surface area (Å²) in [5, 5.41) is 3.65. The molecule has 7 nitrogen and oxygen atoms in total. The topological polar surface area (TPSA) is 79.5 Å². The second-order valence-electron chi connectivity index (χ2n) is 8.90. The molecule has 178 valence electrons. The first-order valence-electron chi connectivity index (χ1n) is 11.8. The van der Waals surface area contributed by atoms with Gasteiger partial charge in [-0.1, -0.05) is 42.5 Å². The lowest BCUT2D eigenvalue weighted by Gasteiger charge is -2.33. The number of para-hydroxylation sites is 1. The number of aromatic nitrogens is 2. The van der Waals surface area contributed by atoms with E-state index in [1.165, 1.54) is 6.33 Å². The molecular weight excluding hydrogens is 424 g/mol. The van der Waals surface area contributed by atoms with E-state index in [2.05, 4.69) is 51.3 Å². The Morgan fingerprint density at radius 2 is 1.82 bits per heavy atom. The largest absolute Gasteiger partial charge is 0.457 e. The molecule has 2 heterocycles. The molecule has 0 amide bonds. The molecule has 1 aliphatic rings. The number of nitrogens with zero attached hydrogens (tertiary/aromatic N) is 4. The molecule has 1 atom stereocenters. The number of likely N-dealkylation sites (tertiary alicyclic amines) is 1. The zero-order chi connectivity index (χ0) is 23.8. The molecule has 0 radical (unpaired) electrons. The van der Waals surface area contributed by atoms with Gasteiger partial charge < -0.3 is 20.7 Å². The van der Waals surface area contributed by atoms with Gasteiger partial charge in [0.15, 0.2) is 0 Å². The highest BCUT2D eigenvalue weighted by molar-refractivity contribution is 5.83. The maximum atomic E-state index is 6.31. The van der Waals surface area contributed by atoms with E-state index in [9.17, 15) is 0 Å². The number of piperidine rings is 1. The Morgan fingerprint density at radius 3 is 2.59 bits per heavy atom. The normalized spacial score (nSPS) is 16.7. The number of nitrogens with one attached hydrogen (secondary N) is 1. The summed E-state index contributed by atoms with van der Waals surface area (Å²) >= 11 is 0. The zero-order valence-corrected chi connectivity index (χ0v) is 20.0. The highest BCUT2D eigenvalue weighted by Crippen LogP contribution is 2.33. The van der Waals surface area contributed by atoms with Crippen LogP contribution >= 0.6 is 0 Å². The number of hydrogen-bond donors (Lipinski definition) is 2. The van der Waals surface area contributed by atoms with Crippen molar-refractivity contribution >= 4 is 11.6 Å². The number of likely N-dealkylation sites (N-methyl/N-ethyl adjacent to an activating group) is 1. The molecule has 3 aromatic rings. The van der Waals surface area contributed by atoms with Gasteiger partial charge in [0.2, 0.25) is 0 Å². The van der Waals surface area contributed by atoms with Gasteiger partial charge in [0.1, 0.15) is 29.5 Å². The summed E-state index contributed by atoms with van der Waals surface area (Å²) in [6, 6.07) is 18.0. The number of rotatable bonds is 9. The van der Waals surface area contributed by atoms with Gasteiger partial charge in [-0.15, -0.1) is 0 Å². The van der Waals surface area contributed by atoms with Gasteiger partial charge in [-0.05, 0) is 63.3 Å². The fourth-order valence-electron chi connectivity index (χ4n) is 4.15. The Hall–Kier alpha value is -3.42. The molecule has 1 fully saturated rings. The predicted molar refractivity (Wildman–Crippen MR) is 139 cm³/mol. The van der Waals surface area contributed by atoms with E-state index >= 15 is 0 Å². The average Bonchev–Trinajstić information content (AvgIpc) is 2.84. The summed E-state index contributed by atoms with van der Waals surface area (Å²) in [7, 11) is 4.17. The van der Waals surface area contributed by atoms with Crippen LogP contribution < -0.4 is 15.8 Å². The molecule has 34 heavy (non-hydrogen) atoms. The van der Waals surface area contributed by atoms with Crippen molar-refractivity contribution in [2.75, 3.05) is 51.3 Å². The summed E-state index contributed by atoms with van der Waals surface area (Å²) in [5.74, 6) is 2.82. The van der Waals surface area contributed by atoms with E-state index in [4.69, 9.17) is 10.5 Å². The molecule has 4 rings (SSSR count). The van der Waals surface area contributed by atoms with Gasteiger partial charge >= 0.3 is 0 Å². The fourth-order valence-corrected chi connectivity index (χ4v) is 4.15. The lowest BCUT2D eigenvalue weighted by molar-refractivity contribution is 0.237. The van der Waals surface area contributed by atoms with Crippen molar-refractivity contribution in [2.24, 2.45) is 0 Å². The van der Waals surface area contributed by atoms with Gasteiger partial charge in [-0.3, -0.25) is 4.90 Å². The third-order valence-corrected chi connectivity index (χ3v) is 5.85. The Morgan fingerprint density at radius 1 is 1.06 bits per heavy atom. The quantitative estimate of drug-likeness (QED) is 0.457. The monoisotopic (exact) mass is 458 g/mol. The van der Waals surface area contributed by atoms with Crippen LogP contribution in [0.15, 0.2) is 73.1 Å². The van der Waals surface area contributed by atoms with Gasteiger partial charge in [-0.25, -0.2) is 9.97 Å². The van der Waals surface area contributed by atoms with Crippen molar-refractivity contribution in [2.45, 2.75) is 18.9 Å². The number of nitrogen functional groups attached to an aromatic ring is 1. The summed E-state index contributed by atoms with van der Waals surface area (Å²) in [6.45, 7) is 4.02. The molecule has 0 aliphatic carbocycles. The van der Waals surface area contributed by atoms with Crippen LogP contribution in [0.1, 0.15) is 12.8 Å². The van der Waals surface area contributed by atoms with Gasteiger partial charge in [0.05, 0.1) is 5.56 Å². The summed E-state index contributed by atoms with van der Waals surface area (Å²) < 4.78 is 5.92. The van der Waals surface area contributed by atoms with Crippen molar-refractivity contribution < 1.29 is 4.74 Å². The lowest BCUT2D eigenvalue weighted by atomic mass is 10.0. The predicted octanol–water partition coefficient (Wildman–Crippen LogP) is 4.51. The average molecular weight is 459 g/mol. The Balaban J connectivity index is 1.44. The van der Waals surface area contributed by atoms with Gasteiger partial charge in [0, 0.05) is 25.7 Å². The number of nitrogens with two attached hydrogens (primary N) is 1. The molecule has 7 heteroatoms. The smallest absolute Gasteiger partial charge is 0.139 e. The van der Waals surface area contributed by atoms with Crippen molar-refractivity contribution in [3.8, 4) is 22.6 Å². The Bertz CT molecular complexity index is 1070. The second-order valence-corrected chi connectivity index (χ2v) is 8.90. The molecule has 2 aromatic carbocycles. The number of hydrogen-bond acceptors (Lipinski definition) is 7. The van der Waals surface area contributed by atoms with E-state index in [1.54, 1.807) is 0 Å². The highest BCUT2D eigenvalue weighted by Gasteiger charge is 2.21. The molecule has 0 bridgehead atoms. The van der Waals surface area contributed by atoms with E-state index in [1.807, 2.05) is 54.6 Å². The zero-order valence-electron chi connectivity index (χ0n) is 20.0. The van der Waals surface area contributed by atoms with Gasteiger partial charge in [-0.2, -0.15) is 0 Å². The van der Waals surface area contributed by atoms with E-state index in [-0.39, 0.29) is 0 Å². The molecule has 1 aliphatic heterocycles. The molecule has 1 aromatic heterocycles. The van der Waals surface area contributed by atoms with E-state index < -0.39 is 0 Å². The molecule has 0 spiro atoms. The van der Waals surface area contributed by atoms with Crippen molar-refractivity contribution in [3.05, 3.63) is 73.1 Å². The van der Waals surface area contributed by atoms with Crippen LogP contribution in [0.25, 0.3) is 11.1 Å². The number of ether oxygens (including phenoxy) is 1. The minimum Gasteiger partial charge on any atom is -0.457 e. The van der Waals surface area contributed by atoms with Gasteiger partial charge in [0.25, 0.3) is 0 Å². The molecule has 1 unspecified atom stereocenters. The van der Waals surface area contributed by atoms with E-state index in [0.29, 0.717) is 11.9 Å². The second kappa shape index (κ2) is 11.6. The van der Waals surface area contributed by atoms with Crippen molar-refractivity contribution in [1.82, 2.24) is 19.8 Å². The lowest BCUT2D eigenvalue weighted by Crippen LogP contribution is -2.42. The molecule has 1 saturated heterocycles. The van der Waals surface area contributed by atoms with E-state index in [0.717, 1.165) is 67.5 Å². The number of benzene rings is 2. The highest BCUT2D eigenvalue weighted by atomic mass is 16.5. The number of anilines is 2. The first-order chi connectivity index (χ1) is 16.6. The summed E-state index contributed by atoms with van der Waals surface area (Å²) in [6.07, 6.45) is 8.27. The van der Waals surface area contributed by atoms with Crippen molar-refractivity contribution in [3.63, 3.8) is 0 Å². The van der Waals surface area contributed by atoms with Crippen molar-refractivity contribution in [1.29, 1.82) is 0 Å². The van der Waals surface area contributed by atoms with Crippen LogP contribution in [0.2, 0.25) is 0 Å². The fraction of sp³-hybridized carbons (Fsp3) is 0.333. The Labute approximate surface area is 202 Å². The minimum atomic E-state index is 0.310. The van der Waals surface area contributed by atoms with Crippen LogP contribution in [-0.2, 0) is 0 Å². The molecular formula is C27H34N6O. The Kier molecular flexibility index (Phi) is 8.12. The summed E-state index contributed by atoms with van der Waals surface area (Å²) in [5.41, 5.74) is 8.10. The van der Waals surface area contributed by atoms with Crippen LogP contribution in [0.5, 0.6) is 11.5 Å². The minimum absolute atomic E-state index is 0.310. The van der Waals surface area contributed by atoms with Crippen LogP contribution in [0.4, 0.5) is 11.6 Å². The van der Waals surface area contributed by atoms with Crippen LogP contribution in [0.3, 0.4) is 0 Å².